The van der Waals surface area contributed by atoms with Crippen molar-refractivity contribution in [2.75, 3.05) is 13.2 Å². The maximum Gasteiger partial charge on any atom is 0.123 e. The Morgan fingerprint density at radius 3 is 2.41 bits per heavy atom. The molecule has 2 N–H and O–H groups in total. The minimum Gasteiger partial charge on any atom is -0.494 e. The second-order valence-electron chi connectivity index (χ2n) is 4.44. The monoisotopic (exact) mass is 253 g/mol. The summed E-state index contributed by atoms with van der Waals surface area (Å²) in [6.45, 7) is 6.96. The van der Waals surface area contributed by atoms with E-state index < -0.39 is 0 Å². The summed E-state index contributed by atoms with van der Waals surface area (Å²) in [5.41, 5.74) is 5.33. The first-order chi connectivity index (χ1) is 7.95. The van der Waals surface area contributed by atoms with Crippen molar-refractivity contribution in [1.29, 1.82) is 0 Å². The van der Waals surface area contributed by atoms with E-state index in [1.807, 2.05) is 45.0 Å². The standard InChI is InChI=1S/C13H19NO2S/c1-4-15-10-6-5-7-11(8-10)16-9-13(2,3)12(14)17/h5-8H,4,9H2,1-3H3,(H2,14,17). The van der Waals surface area contributed by atoms with Crippen molar-refractivity contribution in [3.8, 4) is 11.5 Å². The number of hydrogen-bond donors (Lipinski definition) is 1. The van der Waals surface area contributed by atoms with Gasteiger partial charge in [-0.05, 0) is 19.1 Å². The average Bonchev–Trinajstić information content (AvgIpc) is 2.27. The van der Waals surface area contributed by atoms with Gasteiger partial charge in [0.2, 0.25) is 0 Å². The first kappa shape index (κ1) is 13.8. The zero-order chi connectivity index (χ0) is 12.9. The number of thiocarbonyl (C=S) groups is 1. The molecular formula is C13H19NO2S. The lowest BCUT2D eigenvalue weighted by Crippen LogP contribution is -2.35. The fourth-order valence-electron chi connectivity index (χ4n) is 1.16. The van der Waals surface area contributed by atoms with Crippen molar-refractivity contribution < 1.29 is 9.47 Å². The molecular weight excluding hydrogens is 234 g/mol. The Bertz CT molecular complexity index is 391. The second-order valence-corrected chi connectivity index (χ2v) is 4.88. The Balaban J connectivity index is 2.63. The zero-order valence-electron chi connectivity index (χ0n) is 10.5. The van der Waals surface area contributed by atoms with Crippen LogP contribution >= 0.6 is 12.2 Å². The van der Waals surface area contributed by atoms with Crippen molar-refractivity contribution in [3.63, 3.8) is 0 Å². The third-order valence-corrected chi connectivity index (χ3v) is 2.94. The molecule has 0 unspecified atom stereocenters. The predicted molar refractivity (Wildman–Crippen MR) is 73.7 cm³/mol. The van der Waals surface area contributed by atoms with Crippen LogP contribution in [0.25, 0.3) is 0 Å². The van der Waals surface area contributed by atoms with Gasteiger partial charge in [-0.15, -0.1) is 0 Å². The van der Waals surface area contributed by atoms with Crippen molar-refractivity contribution in [1.82, 2.24) is 0 Å². The number of rotatable bonds is 6. The Morgan fingerprint density at radius 2 is 1.88 bits per heavy atom. The van der Waals surface area contributed by atoms with Crippen molar-refractivity contribution in [2.45, 2.75) is 20.8 Å². The molecule has 1 rings (SSSR count). The van der Waals surface area contributed by atoms with Crippen LogP contribution in [0, 0.1) is 5.41 Å². The first-order valence-electron chi connectivity index (χ1n) is 5.61. The van der Waals surface area contributed by atoms with Gasteiger partial charge in [0, 0.05) is 11.5 Å². The van der Waals surface area contributed by atoms with E-state index in [-0.39, 0.29) is 5.41 Å². The van der Waals surface area contributed by atoms with Crippen LogP contribution < -0.4 is 15.2 Å². The SMILES string of the molecule is CCOc1cccc(OCC(C)(C)C(N)=S)c1. The molecule has 0 heterocycles. The Labute approximate surface area is 108 Å². The van der Waals surface area contributed by atoms with E-state index in [2.05, 4.69) is 0 Å². The summed E-state index contributed by atoms with van der Waals surface area (Å²) in [4.78, 5) is 0.457. The second kappa shape index (κ2) is 5.87. The normalized spacial score (nSPS) is 11.0. The summed E-state index contributed by atoms with van der Waals surface area (Å²) < 4.78 is 11.1. The van der Waals surface area contributed by atoms with Gasteiger partial charge < -0.3 is 15.2 Å². The van der Waals surface area contributed by atoms with E-state index in [1.54, 1.807) is 0 Å². The molecule has 0 saturated heterocycles. The number of hydrogen-bond acceptors (Lipinski definition) is 3. The Morgan fingerprint density at radius 1 is 1.29 bits per heavy atom. The van der Waals surface area contributed by atoms with Gasteiger partial charge in [-0.3, -0.25) is 0 Å². The van der Waals surface area contributed by atoms with Crippen LogP contribution in [0.2, 0.25) is 0 Å². The van der Waals surface area contributed by atoms with Gasteiger partial charge in [-0.25, -0.2) is 0 Å². The van der Waals surface area contributed by atoms with Gasteiger partial charge in [-0.1, -0.05) is 32.1 Å². The molecule has 0 aliphatic carbocycles. The minimum atomic E-state index is -0.309. The average molecular weight is 253 g/mol. The largest absolute Gasteiger partial charge is 0.494 e. The highest BCUT2D eigenvalue weighted by molar-refractivity contribution is 7.80. The van der Waals surface area contributed by atoms with Crippen molar-refractivity contribution in [2.24, 2.45) is 11.1 Å². The van der Waals surface area contributed by atoms with Crippen LogP contribution in [-0.4, -0.2) is 18.2 Å². The van der Waals surface area contributed by atoms with Crippen LogP contribution in [-0.2, 0) is 0 Å². The van der Waals surface area contributed by atoms with E-state index in [0.29, 0.717) is 18.2 Å². The van der Waals surface area contributed by atoms with E-state index in [9.17, 15) is 0 Å². The van der Waals surface area contributed by atoms with Gasteiger partial charge in [-0.2, -0.15) is 0 Å². The molecule has 1 aromatic rings. The maximum absolute atomic E-state index is 5.67. The third-order valence-electron chi connectivity index (χ3n) is 2.38. The Kier molecular flexibility index (Phi) is 4.75. The van der Waals surface area contributed by atoms with E-state index in [1.165, 1.54) is 0 Å². The number of ether oxygens (including phenoxy) is 2. The van der Waals surface area contributed by atoms with Crippen LogP contribution in [0.1, 0.15) is 20.8 Å². The summed E-state index contributed by atoms with van der Waals surface area (Å²) in [5.74, 6) is 1.57. The molecule has 0 radical (unpaired) electrons. The number of benzene rings is 1. The summed E-state index contributed by atoms with van der Waals surface area (Å²) >= 11 is 4.99. The zero-order valence-corrected chi connectivity index (χ0v) is 11.3. The topological polar surface area (TPSA) is 44.5 Å². The molecule has 0 saturated carbocycles. The molecule has 3 nitrogen and oxygen atoms in total. The molecule has 0 aliphatic rings. The van der Waals surface area contributed by atoms with Gasteiger partial charge in [0.05, 0.1) is 18.2 Å². The highest BCUT2D eigenvalue weighted by Gasteiger charge is 2.22. The molecule has 0 aliphatic heterocycles. The van der Waals surface area contributed by atoms with Crippen LogP contribution in [0.5, 0.6) is 11.5 Å². The van der Waals surface area contributed by atoms with Crippen LogP contribution in [0.4, 0.5) is 0 Å². The summed E-state index contributed by atoms with van der Waals surface area (Å²) in [7, 11) is 0. The van der Waals surface area contributed by atoms with Crippen LogP contribution in [0.3, 0.4) is 0 Å². The van der Waals surface area contributed by atoms with Crippen LogP contribution in [0.15, 0.2) is 24.3 Å². The third kappa shape index (κ3) is 4.23. The fraction of sp³-hybridized carbons (Fsp3) is 0.462. The summed E-state index contributed by atoms with van der Waals surface area (Å²) in [6.07, 6.45) is 0. The molecule has 0 aromatic heterocycles. The molecule has 1 aromatic carbocycles. The van der Waals surface area contributed by atoms with Gasteiger partial charge >= 0.3 is 0 Å². The lowest BCUT2D eigenvalue weighted by Gasteiger charge is -2.23. The lowest BCUT2D eigenvalue weighted by molar-refractivity contribution is 0.235. The van der Waals surface area contributed by atoms with Gasteiger partial charge in [0.1, 0.15) is 11.5 Å². The first-order valence-corrected chi connectivity index (χ1v) is 6.02. The highest BCUT2D eigenvalue weighted by atomic mass is 32.1. The highest BCUT2D eigenvalue weighted by Crippen LogP contribution is 2.22. The van der Waals surface area contributed by atoms with Gasteiger partial charge in [0.15, 0.2) is 0 Å². The fourth-order valence-corrected chi connectivity index (χ4v) is 1.21. The van der Waals surface area contributed by atoms with Crippen molar-refractivity contribution in [3.05, 3.63) is 24.3 Å². The minimum absolute atomic E-state index is 0.309. The molecule has 0 atom stereocenters. The molecule has 0 fully saturated rings. The smallest absolute Gasteiger partial charge is 0.123 e. The quantitative estimate of drug-likeness (QED) is 0.792. The molecule has 4 heteroatoms. The molecule has 0 bridgehead atoms. The summed E-state index contributed by atoms with van der Waals surface area (Å²) in [5, 5.41) is 0. The number of nitrogens with two attached hydrogens (primary N) is 1. The molecule has 0 amide bonds. The summed E-state index contributed by atoms with van der Waals surface area (Å²) in [6, 6.07) is 7.54. The maximum atomic E-state index is 5.67. The van der Waals surface area contributed by atoms with E-state index >= 15 is 0 Å². The molecule has 0 spiro atoms. The van der Waals surface area contributed by atoms with E-state index in [4.69, 9.17) is 27.4 Å². The van der Waals surface area contributed by atoms with Gasteiger partial charge in [0.25, 0.3) is 0 Å². The molecule has 17 heavy (non-hydrogen) atoms. The van der Waals surface area contributed by atoms with Crippen molar-refractivity contribution >= 4 is 17.2 Å². The lowest BCUT2D eigenvalue weighted by atomic mass is 9.95. The van der Waals surface area contributed by atoms with E-state index in [0.717, 1.165) is 11.5 Å². The predicted octanol–water partition coefficient (Wildman–Crippen LogP) is 2.78. The molecule has 94 valence electrons. The Hall–Kier alpha value is -1.29.